The third kappa shape index (κ3) is 3.32. The van der Waals surface area contributed by atoms with Gasteiger partial charge in [-0.15, -0.1) is 0 Å². The fourth-order valence-corrected chi connectivity index (χ4v) is 3.09. The van der Waals surface area contributed by atoms with Crippen LogP contribution in [0.3, 0.4) is 0 Å². The van der Waals surface area contributed by atoms with Gasteiger partial charge in [-0.3, -0.25) is 0 Å². The molecule has 1 fully saturated rings. The molecule has 0 spiro atoms. The second-order valence-corrected chi connectivity index (χ2v) is 6.16. The molecule has 2 aliphatic rings. The van der Waals surface area contributed by atoms with E-state index in [1.807, 2.05) is 0 Å². The molecule has 1 saturated heterocycles. The molecule has 98 valence electrons. The Labute approximate surface area is 106 Å². The van der Waals surface area contributed by atoms with E-state index in [9.17, 15) is 0 Å². The van der Waals surface area contributed by atoms with E-state index in [1.54, 1.807) is 5.57 Å². The van der Waals surface area contributed by atoms with E-state index >= 15 is 0 Å². The lowest BCUT2D eigenvalue weighted by Gasteiger charge is -2.38. The van der Waals surface area contributed by atoms with Crippen LogP contribution in [-0.2, 0) is 4.74 Å². The Hall–Kier alpha value is -0.340. The zero-order chi connectivity index (χ0) is 12.3. The minimum atomic E-state index is 0.301. The van der Waals surface area contributed by atoms with Gasteiger partial charge in [-0.2, -0.15) is 0 Å². The van der Waals surface area contributed by atoms with E-state index in [1.165, 1.54) is 12.8 Å². The summed E-state index contributed by atoms with van der Waals surface area (Å²) in [6.07, 6.45) is 7.35. The molecule has 0 aromatic heterocycles. The first-order valence-electron chi connectivity index (χ1n) is 7.10. The van der Waals surface area contributed by atoms with Crippen LogP contribution in [0.15, 0.2) is 11.6 Å². The van der Waals surface area contributed by atoms with Crippen molar-refractivity contribution in [3.63, 3.8) is 0 Å². The summed E-state index contributed by atoms with van der Waals surface area (Å²) in [4.78, 5) is 0. The molecular weight excluding hydrogens is 210 g/mol. The first-order chi connectivity index (χ1) is 8.11. The number of ether oxygens (including phenoxy) is 1. The molecule has 2 rings (SSSR count). The van der Waals surface area contributed by atoms with Crippen molar-refractivity contribution >= 4 is 0 Å². The zero-order valence-corrected chi connectivity index (χ0v) is 11.6. The Kier molecular flexibility index (Phi) is 4.26. The minimum absolute atomic E-state index is 0.301. The molecule has 0 aromatic carbocycles. The molecule has 0 saturated carbocycles. The van der Waals surface area contributed by atoms with Crippen LogP contribution in [0.5, 0.6) is 0 Å². The standard InChI is InChI=1S/C15H27NO/c1-12-5-4-6-13(2)14(12)11-16-15(3)7-9-17-10-8-15/h5,13-14,16H,4,6-11H2,1-3H3/t13-,14-/m1/s1. The number of rotatable bonds is 3. The molecule has 1 aliphatic carbocycles. The summed E-state index contributed by atoms with van der Waals surface area (Å²) in [7, 11) is 0. The van der Waals surface area contributed by atoms with E-state index in [-0.39, 0.29) is 0 Å². The third-order valence-corrected chi connectivity index (χ3v) is 4.71. The van der Waals surface area contributed by atoms with Gasteiger partial charge in [0.25, 0.3) is 0 Å². The van der Waals surface area contributed by atoms with Crippen molar-refractivity contribution < 1.29 is 4.74 Å². The molecule has 2 atom stereocenters. The molecule has 1 N–H and O–H groups in total. The summed E-state index contributed by atoms with van der Waals surface area (Å²) in [5.74, 6) is 1.57. The van der Waals surface area contributed by atoms with Gasteiger partial charge in [-0.1, -0.05) is 18.6 Å². The van der Waals surface area contributed by atoms with Gasteiger partial charge >= 0.3 is 0 Å². The van der Waals surface area contributed by atoms with Crippen LogP contribution >= 0.6 is 0 Å². The van der Waals surface area contributed by atoms with Crippen LogP contribution in [-0.4, -0.2) is 25.3 Å². The predicted molar refractivity (Wildman–Crippen MR) is 72.1 cm³/mol. The molecule has 1 heterocycles. The molecule has 0 bridgehead atoms. The van der Waals surface area contributed by atoms with Crippen LogP contribution in [0.1, 0.15) is 46.5 Å². The van der Waals surface area contributed by atoms with E-state index < -0.39 is 0 Å². The van der Waals surface area contributed by atoms with Crippen LogP contribution in [0, 0.1) is 11.8 Å². The molecule has 2 heteroatoms. The van der Waals surface area contributed by atoms with Crippen molar-refractivity contribution in [3.05, 3.63) is 11.6 Å². The average Bonchev–Trinajstić information content (AvgIpc) is 2.29. The van der Waals surface area contributed by atoms with Gasteiger partial charge in [0.15, 0.2) is 0 Å². The van der Waals surface area contributed by atoms with Gasteiger partial charge in [-0.05, 0) is 51.4 Å². The van der Waals surface area contributed by atoms with Crippen LogP contribution in [0.4, 0.5) is 0 Å². The number of allylic oxidation sites excluding steroid dienone is 1. The Morgan fingerprint density at radius 3 is 2.76 bits per heavy atom. The van der Waals surface area contributed by atoms with Gasteiger partial charge in [0, 0.05) is 25.3 Å². The summed E-state index contributed by atoms with van der Waals surface area (Å²) in [6, 6.07) is 0. The first kappa shape index (κ1) is 13.1. The van der Waals surface area contributed by atoms with Gasteiger partial charge in [0.1, 0.15) is 0 Å². The van der Waals surface area contributed by atoms with E-state index in [4.69, 9.17) is 4.74 Å². The maximum Gasteiger partial charge on any atom is 0.0483 e. The van der Waals surface area contributed by atoms with E-state index in [0.717, 1.165) is 44.4 Å². The van der Waals surface area contributed by atoms with Crippen molar-refractivity contribution in [2.75, 3.05) is 19.8 Å². The van der Waals surface area contributed by atoms with Crippen molar-refractivity contribution in [2.24, 2.45) is 11.8 Å². The Bertz CT molecular complexity index is 279. The van der Waals surface area contributed by atoms with Gasteiger partial charge in [0.2, 0.25) is 0 Å². The lowest BCUT2D eigenvalue weighted by atomic mass is 9.79. The Balaban J connectivity index is 1.88. The second kappa shape index (κ2) is 5.53. The molecule has 1 aliphatic heterocycles. The summed E-state index contributed by atoms with van der Waals surface area (Å²) in [5.41, 5.74) is 1.89. The highest BCUT2D eigenvalue weighted by Crippen LogP contribution is 2.30. The smallest absolute Gasteiger partial charge is 0.0483 e. The lowest BCUT2D eigenvalue weighted by molar-refractivity contribution is 0.0432. The van der Waals surface area contributed by atoms with E-state index in [0.29, 0.717) is 5.54 Å². The van der Waals surface area contributed by atoms with Crippen LogP contribution in [0.2, 0.25) is 0 Å². The first-order valence-corrected chi connectivity index (χ1v) is 7.10. The zero-order valence-electron chi connectivity index (χ0n) is 11.6. The normalized spacial score (nSPS) is 33.2. The quantitative estimate of drug-likeness (QED) is 0.761. The van der Waals surface area contributed by atoms with Gasteiger partial charge in [-0.25, -0.2) is 0 Å². The van der Waals surface area contributed by atoms with Crippen molar-refractivity contribution in [2.45, 2.75) is 52.0 Å². The molecule has 0 radical (unpaired) electrons. The summed E-state index contributed by atoms with van der Waals surface area (Å²) in [6.45, 7) is 10.0. The van der Waals surface area contributed by atoms with Gasteiger partial charge in [0.05, 0.1) is 0 Å². The Morgan fingerprint density at radius 1 is 1.41 bits per heavy atom. The maximum atomic E-state index is 5.45. The fourth-order valence-electron chi connectivity index (χ4n) is 3.09. The number of hydrogen-bond donors (Lipinski definition) is 1. The summed E-state index contributed by atoms with van der Waals surface area (Å²) < 4.78 is 5.45. The highest BCUT2D eigenvalue weighted by molar-refractivity contribution is 5.09. The monoisotopic (exact) mass is 237 g/mol. The highest BCUT2D eigenvalue weighted by Gasteiger charge is 2.29. The van der Waals surface area contributed by atoms with Crippen LogP contribution in [0.25, 0.3) is 0 Å². The Morgan fingerprint density at radius 2 is 2.12 bits per heavy atom. The maximum absolute atomic E-state index is 5.45. The largest absolute Gasteiger partial charge is 0.381 e. The predicted octanol–water partition coefficient (Wildman–Crippen LogP) is 3.14. The molecule has 17 heavy (non-hydrogen) atoms. The van der Waals surface area contributed by atoms with E-state index in [2.05, 4.69) is 32.2 Å². The number of hydrogen-bond acceptors (Lipinski definition) is 2. The van der Waals surface area contributed by atoms with Crippen LogP contribution < -0.4 is 5.32 Å². The molecule has 0 unspecified atom stereocenters. The summed E-state index contributed by atoms with van der Waals surface area (Å²) in [5, 5.41) is 3.81. The topological polar surface area (TPSA) is 21.3 Å². The van der Waals surface area contributed by atoms with Gasteiger partial charge < -0.3 is 10.1 Å². The SMILES string of the molecule is CC1=CCC[C@@H](C)[C@@H]1CNC1(C)CCOCC1. The molecule has 0 aromatic rings. The summed E-state index contributed by atoms with van der Waals surface area (Å²) >= 11 is 0. The van der Waals surface area contributed by atoms with Crippen molar-refractivity contribution in [1.29, 1.82) is 0 Å². The molecular formula is C15H27NO. The van der Waals surface area contributed by atoms with Crippen molar-refractivity contribution in [1.82, 2.24) is 5.32 Å². The molecule has 2 nitrogen and oxygen atoms in total. The molecule has 0 amide bonds. The fraction of sp³-hybridized carbons (Fsp3) is 0.867. The number of nitrogens with one attached hydrogen (secondary N) is 1. The minimum Gasteiger partial charge on any atom is -0.381 e. The average molecular weight is 237 g/mol. The highest BCUT2D eigenvalue weighted by atomic mass is 16.5. The second-order valence-electron chi connectivity index (χ2n) is 6.16. The third-order valence-electron chi connectivity index (χ3n) is 4.71. The lowest BCUT2D eigenvalue weighted by Crippen LogP contribution is -2.49. The van der Waals surface area contributed by atoms with Crippen molar-refractivity contribution in [3.8, 4) is 0 Å².